The molecule has 212 valence electrons. The summed E-state index contributed by atoms with van der Waals surface area (Å²) in [7, 11) is 3.64. The summed E-state index contributed by atoms with van der Waals surface area (Å²) in [5.41, 5.74) is 9.58. The third kappa shape index (κ3) is 3.14. The van der Waals surface area contributed by atoms with Crippen LogP contribution < -0.4 is 15.2 Å². The molecule has 1 saturated heterocycles. The molecule has 5 fully saturated rings. The van der Waals surface area contributed by atoms with Crippen LogP contribution in [0.4, 0.5) is 0 Å². The molecule has 2 N–H and O–H groups in total. The number of hydrogen-bond donors (Lipinski definition) is 1. The molecule has 2 aromatic rings. The van der Waals surface area contributed by atoms with Gasteiger partial charge in [-0.25, -0.2) is 0 Å². The van der Waals surface area contributed by atoms with E-state index < -0.39 is 11.5 Å². The highest BCUT2D eigenvalue weighted by molar-refractivity contribution is 5.92. The van der Waals surface area contributed by atoms with Crippen molar-refractivity contribution in [3.8, 4) is 11.5 Å². The number of ether oxygens (including phenoxy) is 4. The monoisotopic (exact) mass is 544 g/mol. The van der Waals surface area contributed by atoms with Gasteiger partial charge in [0, 0.05) is 47.6 Å². The van der Waals surface area contributed by atoms with Gasteiger partial charge in [-0.2, -0.15) is 0 Å². The van der Waals surface area contributed by atoms with Gasteiger partial charge in [0.25, 0.3) is 0 Å². The van der Waals surface area contributed by atoms with E-state index in [0.717, 1.165) is 55.2 Å². The Morgan fingerprint density at radius 3 is 2.65 bits per heavy atom. The molecular weight excluding hydrogens is 504 g/mol. The van der Waals surface area contributed by atoms with Crippen molar-refractivity contribution in [1.29, 1.82) is 0 Å². The van der Waals surface area contributed by atoms with Gasteiger partial charge in [0.1, 0.15) is 11.7 Å². The number of nitrogens with two attached hydrogens (primary N) is 1. The highest BCUT2D eigenvalue weighted by Crippen LogP contribution is 2.76. The highest BCUT2D eigenvalue weighted by Gasteiger charge is 2.80. The van der Waals surface area contributed by atoms with Crippen molar-refractivity contribution in [2.24, 2.45) is 23.0 Å². The number of piperidine rings is 1. The number of amides is 1. The van der Waals surface area contributed by atoms with Gasteiger partial charge < -0.3 is 24.7 Å². The number of nitrogens with zero attached hydrogens (tertiary/aromatic N) is 1. The van der Waals surface area contributed by atoms with Gasteiger partial charge in [0.15, 0.2) is 11.5 Å². The van der Waals surface area contributed by atoms with Crippen molar-refractivity contribution in [2.45, 2.75) is 74.7 Å². The molecule has 7 aliphatic rings. The fourth-order valence-corrected chi connectivity index (χ4v) is 9.98. The Balaban J connectivity index is 1.16. The van der Waals surface area contributed by atoms with Crippen LogP contribution in [0.3, 0.4) is 0 Å². The molecule has 0 aromatic heterocycles. The molecule has 1 amide bonds. The Morgan fingerprint density at radius 2 is 1.93 bits per heavy atom. The van der Waals surface area contributed by atoms with Crippen LogP contribution in [-0.2, 0) is 27.9 Å². The molecule has 2 aromatic carbocycles. The minimum atomic E-state index is -0.410. The first kappa shape index (κ1) is 25.1. The molecule has 6 atom stereocenters. The fraction of sp³-hybridized carbons (Fsp3) is 0.606. The van der Waals surface area contributed by atoms with Gasteiger partial charge in [0.2, 0.25) is 5.91 Å². The number of benzene rings is 2. The molecule has 40 heavy (non-hydrogen) atoms. The number of likely N-dealkylation sites (tertiary alicyclic amines) is 1. The lowest BCUT2D eigenvalue weighted by atomic mass is 9.35. The highest BCUT2D eigenvalue weighted by atomic mass is 16.6. The molecule has 0 unspecified atom stereocenters. The van der Waals surface area contributed by atoms with Crippen molar-refractivity contribution < 1.29 is 23.7 Å². The largest absolute Gasteiger partial charge is 0.493 e. The summed E-state index contributed by atoms with van der Waals surface area (Å²) in [4.78, 5) is 14.3. The van der Waals surface area contributed by atoms with Crippen molar-refractivity contribution in [3.05, 3.63) is 58.7 Å². The maximum atomic E-state index is 11.5. The Morgan fingerprint density at radius 1 is 1.10 bits per heavy atom. The zero-order valence-electron chi connectivity index (χ0n) is 23.6. The first-order valence-electron chi connectivity index (χ1n) is 15.1. The van der Waals surface area contributed by atoms with Gasteiger partial charge in [-0.1, -0.05) is 18.2 Å². The van der Waals surface area contributed by atoms with Crippen molar-refractivity contribution in [1.82, 2.24) is 4.90 Å². The van der Waals surface area contributed by atoms with E-state index in [1.807, 2.05) is 19.2 Å². The lowest BCUT2D eigenvalue weighted by molar-refractivity contribution is -0.283. The summed E-state index contributed by atoms with van der Waals surface area (Å²) in [5.74, 6) is 2.53. The summed E-state index contributed by atoms with van der Waals surface area (Å²) < 4.78 is 26.1. The molecule has 2 spiro atoms. The van der Waals surface area contributed by atoms with E-state index in [1.165, 1.54) is 36.9 Å². The molecule has 9 rings (SSSR count). The lowest BCUT2D eigenvalue weighted by Gasteiger charge is -2.74. The van der Waals surface area contributed by atoms with Crippen molar-refractivity contribution in [2.75, 3.05) is 33.9 Å². The molecule has 0 radical (unpaired) electrons. The molecular formula is C33H40N2O5. The standard InChI is InChI=1S/C33H40N2O5/c1-37-25-10-9-23-15-26-31-11-12-33(38-2,24(16-31)19-39-18-21-5-7-22(8-6-21)29(34)36)30-32(31,27(23)28(25)40-30)13-14-35(26)17-20-3-4-20/h5-10,20,24,26,30H,3-4,11-19H2,1-2H3,(H2,34,36)/t24-,26-,30-,31-,32+,33-/m1/s1. The average molecular weight is 545 g/mol. The minimum absolute atomic E-state index is 0.0353. The van der Waals surface area contributed by atoms with E-state index in [0.29, 0.717) is 24.8 Å². The summed E-state index contributed by atoms with van der Waals surface area (Å²) in [6.45, 7) is 3.50. The number of carbonyl (C=O) groups excluding carboxylic acids is 1. The third-order valence-corrected chi connectivity index (χ3v) is 11.8. The van der Waals surface area contributed by atoms with Crippen LogP contribution in [0.1, 0.15) is 65.6 Å². The Bertz CT molecular complexity index is 1360. The zero-order valence-corrected chi connectivity index (χ0v) is 23.6. The first-order chi connectivity index (χ1) is 19.5. The number of carbonyl (C=O) groups is 1. The van der Waals surface area contributed by atoms with Crippen LogP contribution >= 0.6 is 0 Å². The second-order valence-corrected chi connectivity index (χ2v) is 13.3. The van der Waals surface area contributed by atoms with Crippen molar-refractivity contribution >= 4 is 5.91 Å². The maximum Gasteiger partial charge on any atom is 0.248 e. The Hall–Kier alpha value is -2.61. The smallest absolute Gasteiger partial charge is 0.248 e. The van der Waals surface area contributed by atoms with Crippen LogP contribution in [0.15, 0.2) is 36.4 Å². The summed E-state index contributed by atoms with van der Waals surface area (Å²) in [6.07, 6.45) is 8.22. The summed E-state index contributed by atoms with van der Waals surface area (Å²) in [6, 6.07) is 12.4. The normalized spacial score (nSPS) is 36.7. The van der Waals surface area contributed by atoms with Crippen molar-refractivity contribution in [3.63, 3.8) is 0 Å². The van der Waals surface area contributed by atoms with E-state index >= 15 is 0 Å². The average Bonchev–Trinajstić information content (AvgIpc) is 3.71. The zero-order chi connectivity index (χ0) is 27.3. The predicted octanol–water partition coefficient (Wildman–Crippen LogP) is 4.24. The lowest BCUT2D eigenvalue weighted by Crippen LogP contribution is -2.81. The second-order valence-electron chi connectivity index (χ2n) is 13.3. The quantitative estimate of drug-likeness (QED) is 0.509. The van der Waals surface area contributed by atoms with Crippen LogP contribution in [0.2, 0.25) is 0 Å². The van der Waals surface area contributed by atoms with Crippen LogP contribution in [0, 0.1) is 17.3 Å². The van der Waals surface area contributed by atoms with Gasteiger partial charge in [-0.05, 0) is 86.7 Å². The molecule has 2 heterocycles. The SMILES string of the molecule is COc1ccc2c3c1O[C@H]1[C@@]4(OC)CC[C@@]5(C[C@@H]4COCc4ccc(C(N)=O)cc4)[C@@H](C2)N(CC2CC2)CC[C@]315. The summed E-state index contributed by atoms with van der Waals surface area (Å²) in [5, 5.41) is 0. The number of rotatable bonds is 9. The van der Waals surface area contributed by atoms with Gasteiger partial charge in [-0.15, -0.1) is 0 Å². The third-order valence-electron chi connectivity index (χ3n) is 11.8. The Kier molecular flexibility index (Phi) is 5.46. The molecule has 4 saturated carbocycles. The fourth-order valence-electron chi connectivity index (χ4n) is 9.98. The van der Waals surface area contributed by atoms with E-state index in [1.54, 1.807) is 19.2 Å². The molecule has 5 aliphatic carbocycles. The minimum Gasteiger partial charge on any atom is -0.493 e. The van der Waals surface area contributed by atoms with Gasteiger partial charge in [0.05, 0.1) is 20.3 Å². The van der Waals surface area contributed by atoms with E-state index in [2.05, 4.69) is 17.0 Å². The van der Waals surface area contributed by atoms with Crippen LogP contribution in [-0.4, -0.2) is 62.5 Å². The molecule has 2 aliphatic heterocycles. The molecule has 7 heteroatoms. The van der Waals surface area contributed by atoms with E-state index in [9.17, 15) is 4.79 Å². The number of primary amides is 1. The van der Waals surface area contributed by atoms with Gasteiger partial charge in [-0.3, -0.25) is 9.69 Å². The van der Waals surface area contributed by atoms with E-state index in [-0.39, 0.29) is 22.9 Å². The van der Waals surface area contributed by atoms with E-state index in [4.69, 9.17) is 24.7 Å². The van der Waals surface area contributed by atoms with Crippen LogP contribution in [0.5, 0.6) is 11.5 Å². The molecule has 4 bridgehead atoms. The van der Waals surface area contributed by atoms with Gasteiger partial charge >= 0.3 is 0 Å². The second kappa shape index (κ2) is 8.70. The first-order valence-corrected chi connectivity index (χ1v) is 15.1. The summed E-state index contributed by atoms with van der Waals surface area (Å²) >= 11 is 0. The predicted molar refractivity (Wildman–Crippen MR) is 150 cm³/mol. The molecule has 7 nitrogen and oxygen atoms in total. The number of hydrogen-bond acceptors (Lipinski definition) is 6. The topological polar surface area (TPSA) is 83.2 Å². The Labute approximate surface area is 236 Å². The number of fused-ring (bicyclic) bond motifs is 2. The number of methoxy groups -OCH3 is 2. The maximum absolute atomic E-state index is 11.5. The van der Waals surface area contributed by atoms with Crippen LogP contribution in [0.25, 0.3) is 0 Å².